The fourth-order valence-electron chi connectivity index (χ4n) is 4.66. The number of nitrogens with zero attached hydrogens (tertiary/aromatic N) is 4. The van der Waals surface area contributed by atoms with E-state index >= 15 is 0 Å². The first-order valence-electron chi connectivity index (χ1n) is 11.9. The molecular formula is C27H30N4O2. The third-order valence-electron chi connectivity index (χ3n) is 6.80. The molecule has 2 saturated carbocycles. The molecule has 4 aromatic rings. The summed E-state index contributed by atoms with van der Waals surface area (Å²) in [6, 6.07) is 12.8. The molecule has 2 aromatic carbocycles. The zero-order valence-electron chi connectivity index (χ0n) is 19.5. The first-order valence-corrected chi connectivity index (χ1v) is 11.9. The van der Waals surface area contributed by atoms with Gasteiger partial charge in [-0.1, -0.05) is 13.3 Å². The number of rotatable bonds is 6. The number of Topliss-reactive ketones (excluding diaryl/α,β-unsaturated/α-hetero) is 2. The van der Waals surface area contributed by atoms with Crippen LogP contribution in [0.25, 0.3) is 22.1 Å². The van der Waals surface area contributed by atoms with Crippen molar-refractivity contribution in [3.63, 3.8) is 0 Å². The maximum absolute atomic E-state index is 11.3. The molecule has 2 aromatic heterocycles. The summed E-state index contributed by atoms with van der Waals surface area (Å²) in [6.45, 7) is 5.43. The number of fused-ring (bicyclic) bond motifs is 2. The molecule has 1 unspecified atom stereocenters. The lowest BCUT2D eigenvalue weighted by molar-refractivity contribution is 0.100. The van der Waals surface area contributed by atoms with Crippen molar-refractivity contribution < 1.29 is 9.59 Å². The molecule has 6 heteroatoms. The van der Waals surface area contributed by atoms with Gasteiger partial charge in [-0.3, -0.25) is 9.59 Å². The Balaban J connectivity index is 0.000000140. The number of hydrogen-bond acceptors (Lipinski definition) is 4. The number of imidazole rings is 2. The quantitative estimate of drug-likeness (QED) is 0.335. The minimum Gasteiger partial charge on any atom is -0.327 e. The summed E-state index contributed by atoms with van der Waals surface area (Å²) < 4.78 is 4.46. The standard InChI is InChI=1S/C15H18N2O.C12H12N2O/c1-3-4-12-8-15(12)17-9-16-13-7-11(10(2)18)5-6-14(13)17;1-8(15)9-2-5-11-12(6-9)14(7-13-11)10-3-4-10/h5-7,9,12,15H,3-4,8H2,1-2H3;2,5-7,10H,3-4H2,1H3/t12-,15?;/m0./s1. The lowest BCUT2D eigenvalue weighted by Crippen LogP contribution is -1.95. The van der Waals surface area contributed by atoms with Crippen LogP contribution in [0.15, 0.2) is 49.1 Å². The predicted octanol–water partition coefficient (Wildman–Crippen LogP) is 6.17. The second-order valence-electron chi connectivity index (χ2n) is 9.41. The van der Waals surface area contributed by atoms with E-state index in [-0.39, 0.29) is 11.6 Å². The zero-order chi connectivity index (χ0) is 23.1. The summed E-state index contributed by atoms with van der Waals surface area (Å²) >= 11 is 0. The number of ketones is 2. The van der Waals surface area contributed by atoms with Crippen LogP contribution in [0.3, 0.4) is 0 Å². The molecule has 170 valence electrons. The summed E-state index contributed by atoms with van der Waals surface area (Å²) in [5.41, 5.74) is 5.67. The van der Waals surface area contributed by atoms with Gasteiger partial charge in [-0.05, 0) is 81.8 Å². The largest absolute Gasteiger partial charge is 0.327 e. The smallest absolute Gasteiger partial charge is 0.159 e. The van der Waals surface area contributed by atoms with E-state index in [2.05, 4.69) is 26.0 Å². The molecule has 2 fully saturated rings. The molecule has 6 nitrogen and oxygen atoms in total. The third-order valence-corrected chi connectivity index (χ3v) is 6.80. The van der Waals surface area contributed by atoms with Gasteiger partial charge in [0, 0.05) is 23.2 Å². The number of carbonyl (C=O) groups is 2. The molecule has 0 amide bonds. The van der Waals surface area contributed by atoms with Gasteiger partial charge in [0.2, 0.25) is 0 Å². The maximum atomic E-state index is 11.3. The van der Waals surface area contributed by atoms with Crippen LogP contribution in [-0.2, 0) is 0 Å². The van der Waals surface area contributed by atoms with E-state index in [0.717, 1.165) is 39.1 Å². The van der Waals surface area contributed by atoms with E-state index < -0.39 is 0 Å². The molecule has 0 aliphatic heterocycles. The van der Waals surface area contributed by atoms with E-state index in [0.29, 0.717) is 12.1 Å². The maximum Gasteiger partial charge on any atom is 0.159 e. The Morgan fingerprint density at radius 3 is 2.24 bits per heavy atom. The van der Waals surface area contributed by atoms with Crippen molar-refractivity contribution >= 4 is 33.6 Å². The first-order chi connectivity index (χ1) is 16.0. The molecule has 6 rings (SSSR count). The van der Waals surface area contributed by atoms with Crippen molar-refractivity contribution in [2.75, 3.05) is 0 Å². The average Bonchev–Trinajstić information content (AvgIpc) is 3.71. The highest BCUT2D eigenvalue weighted by Crippen LogP contribution is 2.47. The molecule has 0 saturated heterocycles. The molecule has 2 aliphatic carbocycles. The Morgan fingerprint density at radius 2 is 1.55 bits per heavy atom. The molecule has 0 spiro atoms. The molecular weight excluding hydrogens is 412 g/mol. The number of benzene rings is 2. The van der Waals surface area contributed by atoms with Crippen molar-refractivity contribution in [1.82, 2.24) is 19.1 Å². The summed E-state index contributed by atoms with van der Waals surface area (Å²) in [5.74, 6) is 1.03. The van der Waals surface area contributed by atoms with Crippen LogP contribution in [0.2, 0.25) is 0 Å². The predicted molar refractivity (Wildman–Crippen MR) is 130 cm³/mol. The molecule has 33 heavy (non-hydrogen) atoms. The van der Waals surface area contributed by atoms with Gasteiger partial charge in [-0.2, -0.15) is 0 Å². The van der Waals surface area contributed by atoms with Crippen LogP contribution in [0, 0.1) is 5.92 Å². The fraction of sp³-hybridized carbons (Fsp3) is 0.407. The van der Waals surface area contributed by atoms with Crippen LogP contribution in [0.5, 0.6) is 0 Å². The van der Waals surface area contributed by atoms with Gasteiger partial charge in [0.25, 0.3) is 0 Å². The van der Waals surface area contributed by atoms with Gasteiger partial charge in [-0.15, -0.1) is 0 Å². The number of aromatic nitrogens is 4. The molecule has 2 heterocycles. The Hall–Kier alpha value is -3.28. The minimum atomic E-state index is 0.0988. The van der Waals surface area contributed by atoms with E-state index in [9.17, 15) is 9.59 Å². The number of hydrogen-bond donors (Lipinski definition) is 0. The van der Waals surface area contributed by atoms with Crippen molar-refractivity contribution in [2.45, 2.75) is 65.0 Å². The van der Waals surface area contributed by atoms with Crippen LogP contribution >= 0.6 is 0 Å². The topological polar surface area (TPSA) is 69.8 Å². The van der Waals surface area contributed by atoms with Gasteiger partial charge < -0.3 is 9.13 Å². The summed E-state index contributed by atoms with van der Waals surface area (Å²) in [6.07, 6.45) is 10.1. The summed E-state index contributed by atoms with van der Waals surface area (Å²) in [7, 11) is 0. The lowest BCUT2D eigenvalue weighted by atomic mass is 10.1. The Labute approximate surface area is 193 Å². The van der Waals surface area contributed by atoms with Crippen molar-refractivity contribution in [3.8, 4) is 0 Å². The molecule has 0 N–H and O–H groups in total. The van der Waals surface area contributed by atoms with Crippen LogP contribution in [-0.4, -0.2) is 30.7 Å². The van der Waals surface area contributed by atoms with E-state index in [1.54, 1.807) is 13.8 Å². The van der Waals surface area contributed by atoms with Crippen LogP contribution in [0.1, 0.15) is 85.7 Å². The van der Waals surface area contributed by atoms with Crippen LogP contribution in [0.4, 0.5) is 0 Å². The fourth-order valence-corrected chi connectivity index (χ4v) is 4.66. The summed E-state index contributed by atoms with van der Waals surface area (Å²) in [5, 5.41) is 0. The van der Waals surface area contributed by atoms with E-state index in [4.69, 9.17) is 0 Å². The SMILES string of the molecule is CC(=O)c1ccc2ncn(C3CC3)c2c1.CCC[C@H]1CC1n1cnc2cc(C(C)=O)ccc21. The van der Waals surface area contributed by atoms with Crippen LogP contribution < -0.4 is 0 Å². The second kappa shape index (κ2) is 8.58. The Bertz CT molecular complexity index is 1340. The third kappa shape index (κ3) is 4.34. The van der Waals surface area contributed by atoms with Crippen molar-refractivity contribution in [3.05, 3.63) is 60.2 Å². The van der Waals surface area contributed by atoms with Crippen molar-refractivity contribution in [2.24, 2.45) is 5.92 Å². The highest BCUT2D eigenvalue weighted by molar-refractivity contribution is 5.98. The molecule has 2 aliphatic rings. The normalized spacial score (nSPS) is 19.4. The Morgan fingerprint density at radius 1 is 0.879 bits per heavy atom. The van der Waals surface area contributed by atoms with Gasteiger partial charge in [0.1, 0.15) is 0 Å². The highest BCUT2D eigenvalue weighted by Gasteiger charge is 2.38. The highest BCUT2D eigenvalue weighted by atomic mass is 16.1. The zero-order valence-corrected chi connectivity index (χ0v) is 19.5. The monoisotopic (exact) mass is 442 g/mol. The van der Waals surface area contributed by atoms with Gasteiger partial charge >= 0.3 is 0 Å². The van der Waals surface area contributed by atoms with Crippen molar-refractivity contribution in [1.29, 1.82) is 0 Å². The molecule has 2 atom stereocenters. The number of carbonyl (C=O) groups excluding carboxylic acids is 2. The minimum absolute atomic E-state index is 0.0988. The van der Waals surface area contributed by atoms with E-state index in [1.807, 2.05) is 49.1 Å². The molecule has 0 radical (unpaired) electrons. The van der Waals surface area contributed by atoms with E-state index in [1.165, 1.54) is 32.1 Å². The average molecular weight is 443 g/mol. The summed E-state index contributed by atoms with van der Waals surface area (Å²) in [4.78, 5) is 31.4. The lowest BCUT2D eigenvalue weighted by Gasteiger charge is -2.03. The van der Waals surface area contributed by atoms with Gasteiger partial charge in [0.15, 0.2) is 11.6 Å². The van der Waals surface area contributed by atoms with Gasteiger partial charge in [-0.25, -0.2) is 9.97 Å². The molecule has 0 bridgehead atoms. The first kappa shape index (κ1) is 21.6. The second-order valence-corrected chi connectivity index (χ2v) is 9.41. The Kier molecular flexibility index (Phi) is 5.60. The van der Waals surface area contributed by atoms with Gasteiger partial charge in [0.05, 0.1) is 34.7 Å².